The van der Waals surface area contributed by atoms with Crippen LogP contribution < -0.4 is 14.8 Å². The third-order valence-electron chi connectivity index (χ3n) is 5.03. The fourth-order valence-electron chi connectivity index (χ4n) is 3.37. The van der Waals surface area contributed by atoms with Crippen LogP contribution in [0.4, 0.5) is 5.69 Å². The molecule has 3 rings (SSSR count). The minimum absolute atomic E-state index is 0.0590. The number of methoxy groups -OCH3 is 2. The van der Waals surface area contributed by atoms with Gasteiger partial charge in [-0.05, 0) is 43.2 Å². The average molecular weight is 453 g/mol. The summed E-state index contributed by atoms with van der Waals surface area (Å²) in [5.74, 6) is 0.521. The highest BCUT2D eigenvalue weighted by Gasteiger charge is 2.28. The number of carbonyl (C=O) groups is 1. The van der Waals surface area contributed by atoms with Crippen molar-refractivity contribution in [2.45, 2.75) is 30.6 Å². The van der Waals surface area contributed by atoms with Gasteiger partial charge < -0.3 is 14.8 Å². The lowest BCUT2D eigenvalue weighted by atomic mass is 10.2. The fraction of sp³-hybridized carbons (Fsp3) is 0.381. The second-order valence-corrected chi connectivity index (χ2v) is 9.30. The summed E-state index contributed by atoms with van der Waals surface area (Å²) in [4.78, 5) is 12.8. The minimum atomic E-state index is -3.79. The lowest BCUT2D eigenvalue weighted by Gasteiger charge is -2.21. The van der Waals surface area contributed by atoms with Crippen LogP contribution in [0.25, 0.3) is 0 Å². The standard InChI is InChI=1S/C21H25ClN2O5S/c1-28-16-8-10-19(29-2)18(14-16)23-21(25)15-7-9-17(22)20(13-15)30(26,27)24-11-5-3-4-6-12-24/h7-10,13-14H,3-6,11-12H2,1-2H3,(H,23,25). The second-order valence-electron chi connectivity index (χ2n) is 6.98. The first-order valence-electron chi connectivity index (χ1n) is 9.70. The number of halogens is 1. The van der Waals surface area contributed by atoms with Gasteiger partial charge in [-0.25, -0.2) is 8.42 Å². The molecular weight excluding hydrogens is 428 g/mol. The highest BCUT2D eigenvalue weighted by atomic mass is 35.5. The van der Waals surface area contributed by atoms with Crippen molar-refractivity contribution in [3.8, 4) is 11.5 Å². The van der Waals surface area contributed by atoms with E-state index in [4.69, 9.17) is 21.1 Å². The number of nitrogens with one attached hydrogen (secondary N) is 1. The number of ether oxygens (including phenoxy) is 2. The number of amides is 1. The molecule has 7 nitrogen and oxygen atoms in total. The maximum Gasteiger partial charge on any atom is 0.255 e. The zero-order valence-corrected chi connectivity index (χ0v) is 18.6. The van der Waals surface area contributed by atoms with Crippen molar-refractivity contribution in [2.24, 2.45) is 0 Å². The molecule has 0 aliphatic carbocycles. The zero-order chi connectivity index (χ0) is 21.7. The van der Waals surface area contributed by atoms with Crippen molar-refractivity contribution in [3.63, 3.8) is 0 Å². The van der Waals surface area contributed by atoms with E-state index in [2.05, 4.69) is 5.32 Å². The van der Waals surface area contributed by atoms with Gasteiger partial charge in [0.05, 0.1) is 24.9 Å². The van der Waals surface area contributed by atoms with Gasteiger partial charge in [0.25, 0.3) is 5.91 Å². The van der Waals surface area contributed by atoms with Crippen LogP contribution in [0.3, 0.4) is 0 Å². The predicted molar refractivity (Wildman–Crippen MR) is 116 cm³/mol. The van der Waals surface area contributed by atoms with E-state index < -0.39 is 15.9 Å². The Kier molecular flexibility index (Phi) is 7.23. The average Bonchev–Trinajstić information content (AvgIpc) is 3.04. The van der Waals surface area contributed by atoms with E-state index in [0.29, 0.717) is 30.3 Å². The fourth-order valence-corrected chi connectivity index (χ4v) is 5.39. The minimum Gasteiger partial charge on any atom is -0.497 e. The second kappa shape index (κ2) is 9.68. The lowest BCUT2D eigenvalue weighted by molar-refractivity contribution is 0.102. The van der Waals surface area contributed by atoms with E-state index in [1.165, 1.54) is 36.7 Å². The van der Waals surface area contributed by atoms with E-state index in [1.54, 1.807) is 18.2 Å². The third kappa shape index (κ3) is 4.88. The Morgan fingerprint density at radius 3 is 2.33 bits per heavy atom. The first kappa shape index (κ1) is 22.4. The van der Waals surface area contributed by atoms with Gasteiger partial charge in [0.2, 0.25) is 10.0 Å². The molecule has 1 saturated heterocycles. The van der Waals surface area contributed by atoms with Gasteiger partial charge in [0.15, 0.2) is 0 Å². The Labute approximate surface area is 182 Å². The molecule has 1 aliphatic rings. The Bertz CT molecular complexity index is 1020. The maximum absolute atomic E-state index is 13.2. The Hall–Kier alpha value is -2.29. The van der Waals surface area contributed by atoms with Crippen LogP contribution >= 0.6 is 11.6 Å². The number of rotatable bonds is 6. The summed E-state index contributed by atoms with van der Waals surface area (Å²) in [6.45, 7) is 0.909. The van der Waals surface area contributed by atoms with Crippen LogP contribution in [0.5, 0.6) is 11.5 Å². The largest absolute Gasteiger partial charge is 0.497 e. The van der Waals surface area contributed by atoms with Gasteiger partial charge in [0, 0.05) is 24.7 Å². The summed E-state index contributed by atoms with van der Waals surface area (Å²) in [7, 11) is -0.780. The quantitative estimate of drug-likeness (QED) is 0.710. The molecule has 1 aliphatic heterocycles. The molecule has 1 fully saturated rings. The molecule has 9 heteroatoms. The molecule has 0 aromatic heterocycles. The van der Waals surface area contributed by atoms with Crippen LogP contribution in [-0.4, -0.2) is 45.9 Å². The van der Waals surface area contributed by atoms with Crippen LogP contribution in [0.2, 0.25) is 5.02 Å². The lowest BCUT2D eigenvalue weighted by Crippen LogP contribution is -2.32. The SMILES string of the molecule is COc1ccc(OC)c(NC(=O)c2ccc(Cl)c(S(=O)(=O)N3CCCCCC3)c2)c1. The smallest absolute Gasteiger partial charge is 0.255 e. The molecule has 0 bridgehead atoms. The molecular formula is C21H25ClN2O5S. The number of nitrogens with zero attached hydrogens (tertiary/aromatic N) is 1. The normalized spacial score (nSPS) is 15.3. The highest BCUT2D eigenvalue weighted by molar-refractivity contribution is 7.89. The Balaban J connectivity index is 1.90. The maximum atomic E-state index is 13.2. The molecule has 1 N–H and O–H groups in total. The zero-order valence-electron chi connectivity index (χ0n) is 17.0. The first-order valence-corrected chi connectivity index (χ1v) is 11.5. The topological polar surface area (TPSA) is 84.9 Å². The Morgan fingerprint density at radius 2 is 1.70 bits per heavy atom. The predicted octanol–water partition coefficient (Wildman–Crippen LogP) is 4.17. The van der Waals surface area contributed by atoms with Crippen molar-refractivity contribution in [3.05, 3.63) is 47.0 Å². The molecule has 0 spiro atoms. The Morgan fingerprint density at radius 1 is 1.00 bits per heavy atom. The van der Waals surface area contributed by atoms with Crippen LogP contribution in [-0.2, 0) is 10.0 Å². The number of hydrogen-bond acceptors (Lipinski definition) is 5. The monoisotopic (exact) mass is 452 g/mol. The summed E-state index contributed by atoms with van der Waals surface area (Å²) < 4.78 is 38.2. The molecule has 162 valence electrons. The number of carbonyl (C=O) groups excluding carboxylic acids is 1. The van der Waals surface area contributed by atoms with E-state index in [1.807, 2.05) is 0 Å². The summed E-state index contributed by atoms with van der Waals surface area (Å²) in [6.07, 6.45) is 3.63. The van der Waals surface area contributed by atoms with Crippen molar-refractivity contribution >= 4 is 33.2 Å². The molecule has 2 aromatic rings. The van der Waals surface area contributed by atoms with E-state index in [0.717, 1.165) is 25.7 Å². The molecule has 1 amide bonds. The molecule has 0 saturated carbocycles. The molecule has 1 heterocycles. The van der Waals surface area contributed by atoms with Crippen molar-refractivity contribution in [1.29, 1.82) is 0 Å². The number of sulfonamides is 1. The highest BCUT2D eigenvalue weighted by Crippen LogP contribution is 2.31. The molecule has 0 atom stereocenters. The number of benzene rings is 2. The van der Waals surface area contributed by atoms with Crippen LogP contribution in [0.1, 0.15) is 36.0 Å². The van der Waals surface area contributed by atoms with E-state index in [9.17, 15) is 13.2 Å². The van der Waals surface area contributed by atoms with Gasteiger partial charge in [0.1, 0.15) is 16.4 Å². The van der Waals surface area contributed by atoms with Crippen LogP contribution in [0, 0.1) is 0 Å². The number of hydrogen-bond donors (Lipinski definition) is 1. The summed E-state index contributed by atoms with van der Waals surface area (Å²) in [6, 6.07) is 9.26. The summed E-state index contributed by atoms with van der Waals surface area (Å²) in [5, 5.41) is 2.84. The van der Waals surface area contributed by atoms with Gasteiger partial charge in [-0.15, -0.1) is 0 Å². The van der Waals surface area contributed by atoms with Gasteiger partial charge in [-0.2, -0.15) is 4.31 Å². The molecule has 0 unspecified atom stereocenters. The van der Waals surface area contributed by atoms with Crippen LogP contribution in [0.15, 0.2) is 41.3 Å². The van der Waals surface area contributed by atoms with Crippen molar-refractivity contribution in [2.75, 3.05) is 32.6 Å². The molecule has 2 aromatic carbocycles. The van der Waals surface area contributed by atoms with Gasteiger partial charge in [-0.3, -0.25) is 4.79 Å². The summed E-state index contributed by atoms with van der Waals surface area (Å²) >= 11 is 6.22. The summed E-state index contributed by atoms with van der Waals surface area (Å²) in [5.41, 5.74) is 0.589. The van der Waals surface area contributed by atoms with Gasteiger partial charge in [-0.1, -0.05) is 24.4 Å². The third-order valence-corrected chi connectivity index (χ3v) is 7.41. The van der Waals surface area contributed by atoms with Gasteiger partial charge >= 0.3 is 0 Å². The number of anilines is 1. The first-order chi connectivity index (χ1) is 14.4. The molecule has 30 heavy (non-hydrogen) atoms. The van der Waals surface area contributed by atoms with E-state index in [-0.39, 0.29) is 15.5 Å². The van der Waals surface area contributed by atoms with Crippen molar-refractivity contribution < 1.29 is 22.7 Å². The van der Waals surface area contributed by atoms with Crippen molar-refractivity contribution in [1.82, 2.24) is 4.31 Å². The van der Waals surface area contributed by atoms with E-state index >= 15 is 0 Å². The molecule has 0 radical (unpaired) electrons.